The van der Waals surface area contributed by atoms with E-state index in [2.05, 4.69) is 6.58 Å². The number of carbonyl (C=O) groups excluding carboxylic acids is 1. The fraction of sp³-hybridized carbons (Fsp3) is 0. The quantitative estimate of drug-likeness (QED) is 0.278. The summed E-state index contributed by atoms with van der Waals surface area (Å²) in [6, 6.07) is 2.77. The first kappa shape index (κ1) is 13.3. The maximum Gasteiger partial charge on any atom is 0.301 e. The number of anilines is 1. The molecule has 0 fully saturated rings. The number of carbonyl (C=O) groups is 1. The Morgan fingerprint density at radius 1 is 1.33 bits per heavy atom. The van der Waals surface area contributed by atoms with Gasteiger partial charge in [0.05, 0.1) is 15.9 Å². The van der Waals surface area contributed by atoms with E-state index in [9.17, 15) is 25.0 Å². The van der Waals surface area contributed by atoms with Crippen molar-refractivity contribution in [2.24, 2.45) is 5.84 Å². The highest BCUT2D eigenvalue weighted by molar-refractivity contribution is 6.01. The first-order chi connectivity index (χ1) is 8.38. The van der Waals surface area contributed by atoms with Gasteiger partial charge >= 0.3 is 5.69 Å². The van der Waals surface area contributed by atoms with Crippen LogP contribution >= 0.6 is 0 Å². The van der Waals surface area contributed by atoms with Crippen molar-refractivity contribution in [3.63, 3.8) is 0 Å². The van der Waals surface area contributed by atoms with Gasteiger partial charge in [-0.25, -0.2) is 10.9 Å². The van der Waals surface area contributed by atoms with Gasteiger partial charge in [0.2, 0.25) is 0 Å². The Hall–Kier alpha value is -2.81. The van der Waals surface area contributed by atoms with Gasteiger partial charge in [0.15, 0.2) is 0 Å². The summed E-state index contributed by atoms with van der Waals surface area (Å²) in [4.78, 5) is 30.9. The van der Waals surface area contributed by atoms with Crippen LogP contribution in [0.1, 0.15) is 0 Å². The zero-order valence-corrected chi connectivity index (χ0v) is 8.98. The minimum atomic E-state index is -0.863. The summed E-state index contributed by atoms with van der Waals surface area (Å²) in [5, 5.41) is 21.8. The average molecular weight is 252 g/mol. The van der Waals surface area contributed by atoms with E-state index in [1.165, 1.54) is 0 Å². The molecular formula is C9H8N4O5. The Bertz CT molecular complexity index is 542. The van der Waals surface area contributed by atoms with Gasteiger partial charge < -0.3 is 0 Å². The Labute approximate surface area is 100 Å². The minimum absolute atomic E-state index is 0.254. The van der Waals surface area contributed by atoms with Crippen LogP contribution in [0.15, 0.2) is 30.9 Å². The number of hydrogen-bond acceptors (Lipinski definition) is 6. The lowest BCUT2D eigenvalue weighted by Gasteiger charge is -2.13. The first-order valence-electron chi connectivity index (χ1n) is 4.52. The third-order valence-corrected chi connectivity index (χ3v) is 2.04. The third-order valence-electron chi connectivity index (χ3n) is 2.04. The summed E-state index contributed by atoms with van der Waals surface area (Å²) in [6.45, 7) is 3.18. The van der Waals surface area contributed by atoms with Crippen molar-refractivity contribution in [1.82, 2.24) is 0 Å². The largest absolute Gasteiger partial charge is 0.301 e. The molecule has 1 rings (SSSR count). The number of nitrogens with zero attached hydrogens (tertiary/aromatic N) is 3. The van der Waals surface area contributed by atoms with Crippen molar-refractivity contribution >= 4 is 23.0 Å². The second kappa shape index (κ2) is 5.01. The van der Waals surface area contributed by atoms with Gasteiger partial charge in [-0.15, -0.1) is 0 Å². The Morgan fingerprint density at radius 3 is 2.39 bits per heavy atom. The maximum atomic E-state index is 11.2. The molecule has 1 aromatic rings. The van der Waals surface area contributed by atoms with Crippen LogP contribution in [0.2, 0.25) is 0 Å². The van der Waals surface area contributed by atoms with Gasteiger partial charge in [0, 0.05) is 6.07 Å². The van der Waals surface area contributed by atoms with Crippen LogP contribution < -0.4 is 10.9 Å². The van der Waals surface area contributed by atoms with Crippen LogP contribution in [0.25, 0.3) is 0 Å². The van der Waals surface area contributed by atoms with Gasteiger partial charge in [-0.2, -0.15) is 0 Å². The number of hydrazine groups is 1. The predicted octanol–water partition coefficient (Wildman–Crippen LogP) is 0.896. The summed E-state index contributed by atoms with van der Waals surface area (Å²) in [5.74, 6) is 4.58. The van der Waals surface area contributed by atoms with E-state index in [1.807, 2.05) is 0 Å². The molecule has 1 amide bonds. The SMILES string of the molecule is C=CC(=O)N(N)c1ccc([N+](=O)[O-])cc1[N+](=O)[O-]. The zero-order valence-electron chi connectivity index (χ0n) is 8.98. The van der Waals surface area contributed by atoms with Crippen molar-refractivity contribution in [1.29, 1.82) is 0 Å². The fourth-order valence-electron chi connectivity index (χ4n) is 1.19. The van der Waals surface area contributed by atoms with E-state index in [0.717, 1.165) is 24.3 Å². The Kier molecular flexibility index (Phi) is 3.69. The molecule has 9 nitrogen and oxygen atoms in total. The van der Waals surface area contributed by atoms with Gasteiger partial charge in [-0.3, -0.25) is 25.0 Å². The molecular weight excluding hydrogens is 244 g/mol. The summed E-state index contributed by atoms with van der Waals surface area (Å²) in [7, 11) is 0. The molecule has 0 spiro atoms. The minimum Gasteiger partial charge on any atom is -0.268 e. The molecule has 94 valence electrons. The lowest BCUT2D eigenvalue weighted by atomic mass is 10.2. The van der Waals surface area contributed by atoms with Gasteiger partial charge in [0.1, 0.15) is 5.69 Å². The molecule has 0 bridgehead atoms. The van der Waals surface area contributed by atoms with Crippen molar-refractivity contribution in [2.45, 2.75) is 0 Å². The van der Waals surface area contributed by atoms with Gasteiger partial charge in [0.25, 0.3) is 11.6 Å². The number of hydrogen-bond donors (Lipinski definition) is 1. The summed E-state index contributed by atoms with van der Waals surface area (Å²) >= 11 is 0. The van der Waals surface area contributed by atoms with E-state index in [-0.39, 0.29) is 5.69 Å². The standard InChI is InChI=1S/C9H8N4O5/c1-2-9(14)11(10)7-4-3-6(12(15)16)5-8(7)13(17)18/h2-5H,1,10H2. The van der Waals surface area contributed by atoms with E-state index >= 15 is 0 Å². The first-order valence-corrected chi connectivity index (χ1v) is 4.52. The number of benzene rings is 1. The molecule has 0 saturated carbocycles. The topological polar surface area (TPSA) is 133 Å². The van der Waals surface area contributed by atoms with Crippen molar-refractivity contribution in [2.75, 3.05) is 5.01 Å². The molecule has 0 aliphatic carbocycles. The number of non-ortho nitro benzene ring substituents is 1. The van der Waals surface area contributed by atoms with Crippen LogP contribution in [0.3, 0.4) is 0 Å². The van der Waals surface area contributed by atoms with Crippen molar-refractivity contribution in [3.05, 3.63) is 51.1 Å². The molecule has 0 aliphatic rings. The van der Waals surface area contributed by atoms with E-state index in [4.69, 9.17) is 5.84 Å². The highest BCUT2D eigenvalue weighted by Gasteiger charge is 2.24. The second-order valence-corrected chi connectivity index (χ2v) is 3.10. The molecule has 9 heteroatoms. The zero-order chi connectivity index (χ0) is 13.9. The van der Waals surface area contributed by atoms with E-state index < -0.39 is 27.1 Å². The summed E-state index contributed by atoms with van der Waals surface area (Å²) in [5.41, 5.74) is -1.36. The number of nitrogens with two attached hydrogens (primary N) is 1. The Balaban J connectivity index is 3.36. The van der Waals surface area contributed by atoms with Crippen LogP contribution in [0, 0.1) is 20.2 Å². The number of amides is 1. The monoisotopic (exact) mass is 252 g/mol. The maximum absolute atomic E-state index is 11.2. The highest BCUT2D eigenvalue weighted by Crippen LogP contribution is 2.30. The smallest absolute Gasteiger partial charge is 0.268 e. The molecule has 0 saturated heterocycles. The molecule has 0 heterocycles. The lowest BCUT2D eigenvalue weighted by Crippen LogP contribution is -2.36. The van der Waals surface area contributed by atoms with E-state index in [1.54, 1.807) is 0 Å². The number of rotatable bonds is 4. The molecule has 0 aliphatic heterocycles. The van der Waals surface area contributed by atoms with Gasteiger partial charge in [-0.05, 0) is 12.1 Å². The normalized spacial score (nSPS) is 9.61. The van der Waals surface area contributed by atoms with Crippen LogP contribution in [0.4, 0.5) is 17.1 Å². The highest BCUT2D eigenvalue weighted by atomic mass is 16.6. The molecule has 0 unspecified atom stereocenters. The number of nitro groups is 2. The fourth-order valence-corrected chi connectivity index (χ4v) is 1.19. The molecule has 0 radical (unpaired) electrons. The molecule has 0 atom stereocenters. The lowest BCUT2D eigenvalue weighted by molar-refractivity contribution is -0.393. The van der Waals surface area contributed by atoms with E-state index in [0.29, 0.717) is 5.01 Å². The predicted molar refractivity (Wildman–Crippen MR) is 61.6 cm³/mol. The third kappa shape index (κ3) is 2.47. The number of nitro benzene ring substituents is 2. The average Bonchev–Trinajstić information content (AvgIpc) is 2.35. The molecule has 18 heavy (non-hydrogen) atoms. The van der Waals surface area contributed by atoms with Crippen LogP contribution in [-0.4, -0.2) is 15.8 Å². The molecule has 1 aromatic carbocycles. The summed E-state index contributed by atoms with van der Waals surface area (Å²) < 4.78 is 0. The van der Waals surface area contributed by atoms with Crippen LogP contribution in [-0.2, 0) is 4.79 Å². The van der Waals surface area contributed by atoms with Gasteiger partial charge in [-0.1, -0.05) is 6.58 Å². The Morgan fingerprint density at radius 2 is 1.94 bits per heavy atom. The molecule has 0 aromatic heterocycles. The van der Waals surface area contributed by atoms with Crippen molar-refractivity contribution in [3.8, 4) is 0 Å². The summed E-state index contributed by atoms with van der Waals surface area (Å²) in [6.07, 6.45) is 0.866. The molecule has 2 N–H and O–H groups in total. The second-order valence-electron chi connectivity index (χ2n) is 3.10. The van der Waals surface area contributed by atoms with Crippen LogP contribution in [0.5, 0.6) is 0 Å². The van der Waals surface area contributed by atoms with Crippen molar-refractivity contribution < 1.29 is 14.6 Å².